The SMILES string of the molecule is NC1C2CCC(C2)C1C(=O)Nc1cc([N+](=O)[O-])ccc1F. The topological polar surface area (TPSA) is 98.3 Å². The lowest BCUT2D eigenvalue weighted by atomic mass is 9.84. The third-order valence-electron chi connectivity index (χ3n) is 4.70. The van der Waals surface area contributed by atoms with Crippen molar-refractivity contribution in [3.63, 3.8) is 0 Å². The summed E-state index contributed by atoms with van der Waals surface area (Å²) in [5, 5.41) is 13.2. The number of nitrogens with two attached hydrogens (primary N) is 1. The van der Waals surface area contributed by atoms with Crippen molar-refractivity contribution in [1.82, 2.24) is 0 Å². The molecule has 7 heteroatoms. The molecule has 0 aromatic heterocycles. The van der Waals surface area contributed by atoms with Gasteiger partial charge < -0.3 is 11.1 Å². The number of amides is 1. The molecule has 3 N–H and O–H groups in total. The number of carbonyl (C=O) groups excluding carboxylic acids is 1. The highest BCUT2D eigenvalue weighted by atomic mass is 19.1. The van der Waals surface area contributed by atoms with Crippen LogP contribution in [0.25, 0.3) is 0 Å². The largest absolute Gasteiger partial charge is 0.327 e. The first-order valence-electron chi connectivity index (χ1n) is 6.97. The molecule has 0 heterocycles. The first kappa shape index (κ1) is 13.9. The molecule has 2 saturated carbocycles. The van der Waals surface area contributed by atoms with E-state index in [0.29, 0.717) is 5.92 Å². The average molecular weight is 293 g/mol. The van der Waals surface area contributed by atoms with E-state index in [1.54, 1.807) is 0 Å². The molecule has 21 heavy (non-hydrogen) atoms. The van der Waals surface area contributed by atoms with Crippen molar-refractivity contribution >= 4 is 17.3 Å². The van der Waals surface area contributed by atoms with E-state index in [2.05, 4.69) is 5.32 Å². The van der Waals surface area contributed by atoms with Gasteiger partial charge in [0, 0.05) is 18.2 Å². The van der Waals surface area contributed by atoms with Crippen LogP contribution in [0.15, 0.2) is 18.2 Å². The normalized spacial score (nSPS) is 30.4. The summed E-state index contributed by atoms with van der Waals surface area (Å²) in [5.41, 5.74) is 5.65. The Morgan fingerprint density at radius 3 is 2.71 bits per heavy atom. The molecule has 2 bridgehead atoms. The Morgan fingerprint density at radius 1 is 1.38 bits per heavy atom. The number of benzene rings is 1. The predicted octanol–water partition coefficient (Wildman–Crippen LogP) is 2.05. The molecule has 4 atom stereocenters. The van der Waals surface area contributed by atoms with Crippen LogP contribution in [-0.4, -0.2) is 16.9 Å². The van der Waals surface area contributed by atoms with Crippen LogP contribution < -0.4 is 11.1 Å². The number of non-ortho nitro benzene ring substituents is 1. The second-order valence-corrected chi connectivity index (χ2v) is 5.85. The molecular formula is C14H16FN3O3. The molecule has 112 valence electrons. The van der Waals surface area contributed by atoms with Gasteiger partial charge in [0.1, 0.15) is 5.82 Å². The highest BCUT2D eigenvalue weighted by Crippen LogP contribution is 2.48. The zero-order valence-electron chi connectivity index (χ0n) is 11.3. The number of anilines is 1. The second-order valence-electron chi connectivity index (χ2n) is 5.85. The first-order valence-corrected chi connectivity index (χ1v) is 6.97. The number of fused-ring (bicyclic) bond motifs is 2. The fraction of sp³-hybridized carbons (Fsp3) is 0.500. The molecule has 4 unspecified atom stereocenters. The van der Waals surface area contributed by atoms with Gasteiger partial charge in [-0.3, -0.25) is 14.9 Å². The number of hydrogen-bond donors (Lipinski definition) is 2. The van der Waals surface area contributed by atoms with E-state index in [1.165, 1.54) is 0 Å². The van der Waals surface area contributed by atoms with Gasteiger partial charge in [0.05, 0.1) is 16.5 Å². The Kier molecular flexibility index (Phi) is 3.36. The van der Waals surface area contributed by atoms with Gasteiger partial charge in [-0.1, -0.05) is 0 Å². The minimum Gasteiger partial charge on any atom is -0.327 e. The van der Waals surface area contributed by atoms with Gasteiger partial charge in [0.25, 0.3) is 5.69 Å². The standard InChI is InChI=1S/C14H16FN3O3/c15-10-4-3-9(18(20)21)6-11(10)17-14(19)12-7-1-2-8(5-7)13(12)16/h3-4,6-8,12-13H,1-2,5,16H2,(H,17,19). The molecule has 1 aromatic carbocycles. The summed E-state index contributed by atoms with van der Waals surface area (Å²) in [6.07, 6.45) is 2.95. The van der Waals surface area contributed by atoms with E-state index in [-0.39, 0.29) is 35.2 Å². The third kappa shape index (κ3) is 2.37. The van der Waals surface area contributed by atoms with E-state index < -0.39 is 10.7 Å². The number of rotatable bonds is 3. The molecule has 1 amide bonds. The smallest absolute Gasteiger partial charge is 0.271 e. The van der Waals surface area contributed by atoms with Crippen molar-refractivity contribution in [3.8, 4) is 0 Å². The summed E-state index contributed by atoms with van der Waals surface area (Å²) < 4.78 is 13.7. The fourth-order valence-corrected chi connectivity index (χ4v) is 3.66. The van der Waals surface area contributed by atoms with Gasteiger partial charge in [-0.05, 0) is 37.2 Å². The molecule has 0 aliphatic heterocycles. The number of nitrogens with one attached hydrogen (secondary N) is 1. The number of nitro groups is 1. The number of hydrogen-bond acceptors (Lipinski definition) is 4. The Labute approximate surface area is 120 Å². The summed E-state index contributed by atoms with van der Waals surface area (Å²) in [5.74, 6) is -0.755. The van der Waals surface area contributed by atoms with Crippen molar-refractivity contribution in [1.29, 1.82) is 0 Å². The summed E-state index contributed by atoms with van der Waals surface area (Å²) >= 11 is 0. The van der Waals surface area contributed by atoms with E-state index >= 15 is 0 Å². The Balaban J connectivity index is 1.79. The number of nitro benzene ring substituents is 1. The summed E-state index contributed by atoms with van der Waals surface area (Å²) in [4.78, 5) is 22.4. The fourth-order valence-electron chi connectivity index (χ4n) is 3.66. The monoisotopic (exact) mass is 293 g/mol. The van der Waals surface area contributed by atoms with Crippen LogP contribution in [-0.2, 0) is 4.79 Å². The number of halogens is 1. The van der Waals surface area contributed by atoms with E-state index in [0.717, 1.165) is 37.5 Å². The average Bonchev–Trinajstić information content (AvgIpc) is 3.01. The molecule has 0 saturated heterocycles. The molecule has 0 spiro atoms. The van der Waals surface area contributed by atoms with Crippen LogP contribution in [0.4, 0.5) is 15.8 Å². The molecular weight excluding hydrogens is 277 g/mol. The van der Waals surface area contributed by atoms with Crippen LogP contribution in [0.2, 0.25) is 0 Å². The molecule has 0 radical (unpaired) electrons. The molecule has 2 aliphatic carbocycles. The molecule has 6 nitrogen and oxygen atoms in total. The first-order chi connectivity index (χ1) is 9.97. The summed E-state index contributed by atoms with van der Waals surface area (Å²) in [6, 6.07) is 2.87. The van der Waals surface area contributed by atoms with Crippen molar-refractivity contribution in [3.05, 3.63) is 34.1 Å². The Bertz CT molecular complexity index is 605. The Morgan fingerprint density at radius 2 is 2.10 bits per heavy atom. The molecule has 3 rings (SSSR count). The van der Waals surface area contributed by atoms with Crippen LogP contribution in [0.3, 0.4) is 0 Å². The van der Waals surface area contributed by atoms with Gasteiger partial charge in [-0.15, -0.1) is 0 Å². The maximum Gasteiger partial charge on any atom is 0.271 e. The van der Waals surface area contributed by atoms with Gasteiger partial charge >= 0.3 is 0 Å². The highest BCUT2D eigenvalue weighted by Gasteiger charge is 2.49. The van der Waals surface area contributed by atoms with Crippen LogP contribution in [0.1, 0.15) is 19.3 Å². The van der Waals surface area contributed by atoms with Crippen molar-refractivity contribution in [2.24, 2.45) is 23.5 Å². The Hall–Kier alpha value is -2.02. The van der Waals surface area contributed by atoms with E-state index in [4.69, 9.17) is 5.73 Å². The second kappa shape index (κ2) is 5.07. The zero-order valence-corrected chi connectivity index (χ0v) is 11.3. The van der Waals surface area contributed by atoms with Crippen LogP contribution in [0.5, 0.6) is 0 Å². The van der Waals surface area contributed by atoms with Gasteiger partial charge in [0.2, 0.25) is 5.91 Å². The summed E-state index contributed by atoms with van der Waals surface area (Å²) in [6.45, 7) is 0. The van der Waals surface area contributed by atoms with Gasteiger partial charge in [-0.2, -0.15) is 0 Å². The van der Waals surface area contributed by atoms with E-state index in [9.17, 15) is 19.3 Å². The van der Waals surface area contributed by atoms with Crippen molar-refractivity contribution in [2.45, 2.75) is 25.3 Å². The van der Waals surface area contributed by atoms with Crippen LogP contribution in [0, 0.1) is 33.7 Å². The molecule has 2 aliphatic rings. The van der Waals surface area contributed by atoms with E-state index in [1.807, 2.05) is 0 Å². The molecule has 2 fully saturated rings. The zero-order chi connectivity index (χ0) is 15.1. The van der Waals surface area contributed by atoms with Crippen LogP contribution >= 0.6 is 0 Å². The maximum atomic E-state index is 13.7. The quantitative estimate of drug-likeness (QED) is 0.658. The summed E-state index contributed by atoms with van der Waals surface area (Å²) in [7, 11) is 0. The molecule has 1 aromatic rings. The number of carbonyl (C=O) groups is 1. The highest BCUT2D eigenvalue weighted by molar-refractivity contribution is 5.94. The minimum absolute atomic E-state index is 0.163. The lowest BCUT2D eigenvalue weighted by molar-refractivity contribution is -0.384. The van der Waals surface area contributed by atoms with Gasteiger partial charge in [-0.25, -0.2) is 4.39 Å². The predicted molar refractivity (Wildman–Crippen MR) is 74.0 cm³/mol. The lowest BCUT2D eigenvalue weighted by Gasteiger charge is -2.27. The maximum absolute atomic E-state index is 13.7. The lowest BCUT2D eigenvalue weighted by Crippen LogP contribution is -2.42. The number of nitrogens with zero attached hydrogens (tertiary/aromatic N) is 1. The third-order valence-corrected chi connectivity index (χ3v) is 4.70. The minimum atomic E-state index is -0.689. The van der Waals surface area contributed by atoms with Crippen molar-refractivity contribution in [2.75, 3.05) is 5.32 Å². The van der Waals surface area contributed by atoms with Crippen molar-refractivity contribution < 1.29 is 14.1 Å². The van der Waals surface area contributed by atoms with Gasteiger partial charge in [0.15, 0.2) is 0 Å².